The number of carbonyl (C=O) groups excluding carboxylic acids is 2. The maximum absolute atomic E-state index is 12.9. The Morgan fingerprint density at radius 1 is 0.938 bits per heavy atom. The van der Waals surface area contributed by atoms with Crippen LogP contribution in [-0.2, 0) is 16.1 Å². The summed E-state index contributed by atoms with van der Waals surface area (Å²) in [6, 6.07) is 18.5. The number of rotatable bonds is 5. The number of nitrogens with zero attached hydrogens (tertiary/aromatic N) is 2. The van der Waals surface area contributed by atoms with Crippen LogP contribution in [0.4, 0.5) is 17.1 Å². The molecule has 162 valence electrons. The van der Waals surface area contributed by atoms with E-state index in [4.69, 9.17) is 0 Å². The third-order valence-corrected chi connectivity index (χ3v) is 6.63. The Morgan fingerprint density at radius 3 is 2.34 bits per heavy atom. The van der Waals surface area contributed by atoms with Crippen LogP contribution in [0.2, 0.25) is 0 Å². The molecule has 1 saturated heterocycles. The fourth-order valence-electron chi connectivity index (χ4n) is 5.01. The van der Waals surface area contributed by atoms with Gasteiger partial charge in [0.2, 0.25) is 11.8 Å². The zero-order valence-electron chi connectivity index (χ0n) is 17.5. The average Bonchev–Trinajstić information content (AvgIpc) is 3.07. The van der Waals surface area contributed by atoms with Gasteiger partial charge in [-0.05, 0) is 41.3 Å². The highest BCUT2D eigenvalue weighted by molar-refractivity contribution is 6.22. The van der Waals surface area contributed by atoms with Gasteiger partial charge in [-0.1, -0.05) is 55.3 Å². The van der Waals surface area contributed by atoms with Crippen LogP contribution in [0.1, 0.15) is 31.2 Å². The third-order valence-electron chi connectivity index (χ3n) is 6.63. The summed E-state index contributed by atoms with van der Waals surface area (Å²) in [5, 5.41) is 17.1. The number of nitro benzene ring substituents is 1. The molecule has 1 aliphatic carbocycles. The Balaban J connectivity index is 1.43. The van der Waals surface area contributed by atoms with Crippen molar-refractivity contribution in [1.82, 2.24) is 0 Å². The summed E-state index contributed by atoms with van der Waals surface area (Å²) in [6.45, 7) is 0.410. The highest BCUT2D eigenvalue weighted by Crippen LogP contribution is 2.41. The molecule has 0 radical (unpaired) electrons. The number of fused-ring (bicyclic) bond motifs is 2. The van der Waals surface area contributed by atoms with E-state index in [0.29, 0.717) is 25.1 Å². The monoisotopic (exact) mass is 429 g/mol. The summed E-state index contributed by atoms with van der Waals surface area (Å²) >= 11 is 0. The van der Waals surface area contributed by atoms with Gasteiger partial charge in [0, 0.05) is 12.6 Å². The number of hydrogen-bond acceptors (Lipinski definition) is 5. The van der Waals surface area contributed by atoms with Crippen LogP contribution in [0.15, 0.2) is 60.7 Å². The van der Waals surface area contributed by atoms with Crippen molar-refractivity contribution in [2.75, 3.05) is 10.2 Å². The zero-order chi connectivity index (χ0) is 22.2. The fourth-order valence-corrected chi connectivity index (χ4v) is 5.01. The Kier molecular flexibility index (Phi) is 5.09. The first-order valence-electron chi connectivity index (χ1n) is 10.9. The number of imide groups is 1. The van der Waals surface area contributed by atoms with E-state index in [1.165, 1.54) is 6.07 Å². The van der Waals surface area contributed by atoms with Crippen molar-refractivity contribution in [2.24, 2.45) is 11.8 Å². The maximum atomic E-state index is 12.9. The second kappa shape index (κ2) is 8.07. The molecule has 7 nitrogen and oxygen atoms in total. The van der Waals surface area contributed by atoms with Crippen molar-refractivity contribution < 1.29 is 14.5 Å². The van der Waals surface area contributed by atoms with E-state index in [9.17, 15) is 19.7 Å². The van der Waals surface area contributed by atoms with Crippen molar-refractivity contribution in [3.05, 3.63) is 76.3 Å². The molecule has 7 heteroatoms. The summed E-state index contributed by atoms with van der Waals surface area (Å²) in [6.07, 6.45) is 3.29. The number of carbonyl (C=O) groups is 2. The van der Waals surface area contributed by atoms with Crippen LogP contribution < -0.4 is 10.2 Å². The average molecular weight is 429 g/mol. The smallest absolute Gasteiger partial charge is 0.294 e. The van der Waals surface area contributed by atoms with E-state index in [0.717, 1.165) is 34.1 Å². The van der Waals surface area contributed by atoms with E-state index in [-0.39, 0.29) is 35.0 Å². The van der Waals surface area contributed by atoms with E-state index in [1.54, 1.807) is 12.1 Å². The van der Waals surface area contributed by atoms with E-state index in [2.05, 4.69) is 5.32 Å². The van der Waals surface area contributed by atoms with E-state index >= 15 is 0 Å². The number of amides is 2. The highest BCUT2D eigenvalue weighted by Gasteiger charge is 2.49. The first-order chi connectivity index (χ1) is 15.5. The van der Waals surface area contributed by atoms with Crippen LogP contribution in [0, 0.1) is 22.0 Å². The van der Waals surface area contributed by atoms with Gasteiger partial charge in [-0.25, -0.2) is 4.90 Å². The molecule has 2 amide bonds. The Labute approximate surface area is 185 Å². The second-order valence-electron chi connectivity index (χ2n) is 8.46. The summed E-state index contributed by atoms with van der Waals surface area (Å²) < 4.78 is 0. The summed E-state index contributed by atoms with van der Waals surface area (Å²) in [5.41, 5.74) is 1.49. The van der Waals surface area contributed by atoms with Gasteiger partial charge in [0.05, 0.1) is 22.4 Å². The molecule has 0 bridgehead atoms. The van der Waals surface area contributed by atoms with Gasteiger partial charge in [0.1, 0.15) is 5.69 Å². The molecule has 2 aliphatic rings. The molecular weight excluding hydrogens is 406 g/mol. The first-order valence-corrected chi connectivity index (χ1v) is 10.9. The molecule has 1 saturated carbocycles. The lowest BCUT2D eigenvalue weighted by atomic mass is 9.81. The zero-order valence-corrected chi connectivity index (χ0v) is 17.5. The molecule has 3 aromatic rings. The van der Waals surface area contributed by atoms with Crippen LogP contribution in [0.25, 0.3) is 10.8 Å². The standard InChI is InChI=1S/C25H23N3O4/c29-24-20-10-3-4-11-21(20)25(30)27(24)18-12-13-22(23(14-18)28(31)32)26-15-17-8-5-7-16-6-1-2-9-19(16)17/h1-2,5-9,12-14,20-21,26H,3-4,10-11,15H2. The van der Waals surface area contributed by atoms with Crippen molar-refractivity contribution in [3.63, 3.8) is 0 Å². The Bertz CT molecular complexity index is 1210. The molecule has 1 aliphatic heterocycles. The summed E-state index contributed by atoms with van der Waals surface area (Å²) in [5.74, 6) is -1.05. The van der Waals surface area contributed by atoms with Gasteiger partial charge in [0.15, 0.2) is 0 Å². The lowest BCUT2D eigenvalue weighted by Crippen LogP contribution is -2.30. The Hall–Kier alpha value is -3.74. The van der Waals surface area contributed by atoms with Gasteiger partial charge in [0.25, 0.3) is 5.69 Å². The summed E-state index contributed by atoms with van der Waals surface area (Å²) in [4.78, 5) is 38.2. The van der Waals surface area contributed by atoms with Gasteiger partial charge in [-0.15, -0.1) is 0 Å². The number of nitro groups is 1. The van der Waals surface area contributed by atoms with Gasteiger partial charge >= 0.3 is 0 Å². The first kappa shape index (κ1) is 20.2. The lowest BCUT2D eigenvalue weighted by molar-refractivity contribution is -0.383. The number of nitrogens with one attached hydrogen (secondary N) is 1. The topological polar surface area (TPSA) is 92.6 Å². The maximum Gasteiger partial charge on any atom is 0.294 e. The van der Waals surface area contributed by atoms with Crippen molar-refractivity contribution in [2.45, 2.75) is 32.2 Å². The minimum Gasteiger partial charge on any atom is -0.375 e. The predicted molar refractivity (Wildman–Crippen MR) is 122 cm³/mol. The van der Waals surface area contributed by atoms with Crippen LogP contribution in [-0.4, -0.2) is 16.7 Å². The minimum absolute atomic E-state index is 0.154. The fraction of sp³-hybridized carbons (Fsp3) is 0.280. The molecular formula is C25H23N3O4. The van der Waals surface area contributed by atoms with Crippen molar-refractivity contribution in [1.29, 1.82) is 0 Å². The number of benzene rings is 3. The molecule has 0 spiro atoms. The quantitative estimate of drug-likeness (QED) is 0.348. The molecule has 1 heterocycles. The van der Waals surface area contributed by atoms with Gasteiger partial charge in [-0.3, -0.25) is 19.7 Å². The van der Waals surface area contributed by atoms with Gasteiger partial charge in [-0.2, -0.15) is 0 Å². The predicted octanol–water partition coefficient (Wildman–Crippen LogP) is 5.04. The number of anilines is 2. The van der Waals surface area contributed by atoms with E-state index < -0.39 is 4.92 Å². The minimum atomic E-state index is -0.479. The molecule has 32 heavy (non-hydrogen) atoms. The largest absolute Gasteiger partial charge is 0.375 e. The van der Waals surface area contributed by atoms with Crippen molar-refractivity contribution in [3.8, 4) is 0 Å². The molecule has 5 rings (SSSR count). The van der Waals surface area contributed by atoms with Crippen LogP contribution in [0.5, 0.6) is 0 Å². The Morgan fingerprint density at radius 2 is 1.62 bits per heavy atom. The van der Waals surface area contributed by atoms with Crippen LogP contribution >= 0.6 is 0 Å². The molecule has 0 aromatic heterocycles. The third kappa shape index (κ3) is 3.39. The molecule has 2 fully saturated rings. The SMILES string of the molecule is O=C1C2CCCCC2C(=O)N1c1ccc(NCc2cccc3ccccc23)c([N+](=O)[O-])c1. The van der Waals surface area contributed by atoms with E-state index in [1.807, 2.05) is 42.5 Å². The molecule has 1 N–H and O–H groups in total. The van der Waals surface area contributed by atoms with Gasteiger partial charge < -0.3 is 5.32 Å². The van der Waals surface area contributed by atoms with Crippen LogP contribution in [0.3, 0.4) is 0 Å². The number of hydrogen-bond donors (Lipinski definition) is 1. The highest BCUT2D eigenvalue weighted by atomic mass is 16.6. The van der Waals surface area contributed by atoms with Crippen molar-refractivity contribution >= 4 is 39.6 Å². The molecule has 2 unspecified atom stereocenters. The summed E-state index contributed by atoms with van der Waals surface area (Å²) in [7, 11) is 0. The molecule has 3 aromatic carbocycles. The lowest BCUT2D eigenvalue weighted by Gasteiger charge is -2.19. The second-order valence-corrected chi connectivity index (χ2v) is 8.46. The normalized spacial score (nSPS) is 20.4. The molecule has 2 atom stereocenters.